The number of furan rings is 1. The van der Waals surface area contributed by atoms with Gasteiger partial charge in [-0.25, -0.2) is 0 Å². The minimum Gasteiger partial charge on any atom is -0.472 e. The van der Waals surface area contributed by atoms with Crippen LogP contribution in [0.4, 0.5) is 0 Å². The van der Waals surface area contributed by atoms with Crippen molar-refractivity contribution in [1.82, 2.24) is 0 Å². The lowest BCUT2D eigenvalue weighted by atomic mass is 9.49. The van der Waals surface area contributed by atoms with Crippen molar-refractivity contribution in [2.45, 2.75) is 96.7 Å². The Bertz CT molecular complexity index is 1360. The van der Waals surface area contributed by atoms with Crippen molar-refractivity contribution < 1.29 is 52.1 Å². The van der Waals surface area contributed by atoms with Gasteiger partial charge in [0.15, 0.2) is 11.4 Å². The highest BCUT2D eigenvalue weighted by Gasteiger charge is 2.81. The van der Waals surface area contributed by atoms with Crippen LogP contribution in [0.5, 0.6) is 0 Å². The maximum atomic E-state index is 15.3. The minimum absolute atomic E-state index is 0.0819. The molecule has 0 unspecified atom stereocenters. The fourth-order valence-corrected chi connectivity index (χ4v) is 8.51. The first-order chi connectivity index (χ1) is 19.5. The molecule has 2 saturated heterocycles. The number of fused-ring (bicyclic) bond motifs is 2. The number of esters is 4. The highest BCUT2D eigenvalue weighted by molar-refractivity contribution is 6.00. The third-order valence-electron chi connectivity index (χ3n) is 10.6. The molecule has 8 atom stereocenters. The second kappa shape index (κ2) is 9.52. The van der Waals surface area contributed by atoms with Crippen LogP contribution in [0.2, 0.25) is 0 Å². The zero-order chi connectivity index (χ0) is 31.0. The molecule has 4 fully saturated rings. The average Bonchev–Trinajstić information content (AvgIpc) is 3.48. The van der Waals surface area contributed by atoms with Gasteiger partial charge in [0.1, 0.15) is 17.8 Å². The Hall–Kier alpha value is -3.47. The van der Waals surface area contributed by atoms with Crippen LogP contribution in [0.15, 0.2) is 35.2 Å². The third-order valence-corrected chi connectivity index (χ3v) is 10.6. The van der Waals surface area contributed by atoms with Gasteiger partial charge in [0.2, 0.25) is 0 Å². The van der Waals surface area contributed by atoms with Crippen molar-refractivity contribution in [2.24, 2.45) is 22.2 Å². The summed E-state index contributed by atoms with van der Waals surface area (Å²) in [6.45, 7) is 14.0. The monoisotopic (exact) mass is 586 g/mol. The molecule has 4 aliphatic rings. The van der Waals surface area contributed by atoms with Crippen molar-refractivity contribution in [3.63, 3.8) is 0 Å². The molecule has 5 rings (SSSR count). The van der Waals surface area contributed by atoms with E-state index in [4.69, 9.17) is 28.1 Å². The SMILES string of the molecule is C=C1[C@]2(OC(C)=O)C[C@@]3(C)[C@H](c4ccoc4)OC(=O)C[C@]13O[C@H]1C[C@@H](OC(C)=O)C(C)(C)[C@H](CC(=O)OC)[C@@]1(C)C2=O. The van der Waals surface area contributed by atoms with E-state index in [0.717, 1.165) is 0 Å². The number of carbonyl (C=O) groups is 5. The summed E-state index contributed by atoms with van der Waals surface area (Å²) in [7, 11) is 1.26. The Morgan fingerprint density at radius 1 is 1.10 bits per heavy atom. The highest BCUT2D eigenvalue weighted by Crippen LogP contribution is 2.72. The molecule has 2 aliphatic heterocycles. The topological polar surface area (TPSA) is 145 Å². The fourth-order valence-electron chi connectivity index (χ4n) is 8.51. The van der Waals surface area contributed by atoms with Crippen LogP contribution in [-0.4, -0.2) is 60.2 Å². The molecular weight excluding hydrogens is 548 g/mol. The summed E-state index contributed by atoms with van der Waals surface area (Å²) in [6, 6.07) is 1.66. The molecule has 3 heterocycles. The van der Waals surface area contributed by atoms with Crippen LogP contribution in [0, 0.1) is 22.2 Å². The number of rotatable bonds is 5. The van der Waals surface area contributed by atoms with Crippen molar-refractivity contribution in [1.29, 1.82) is 0 Å². The average molecular weight is 587 g/mol. The van der Waals surface area contributed by atoms with E-state index in [1.807, 2.05) is 20.8 Å². The molecule has 0 N–H and O–H groups in total. The van der Waals surface area contributed by atoms with E-state index in [-0.39, 0.29) is 31.3 Å². The number of ketones is 1. The number of ether oxygens (including phenoxy) is 5. The van der Waals surface area contributed by atoms with Crippen molar-refractivity contribution in [3.8, 4) is 0 Å². The Morgan fingerprint density at radius 2 is 1.79 bits per heavy atom. The van der Waals surface area contributed by atoms with E-state index in [0.29, 0.717) is 5.56 Å². The molecule has 11 nitrogen and oxygen atoms in total. The normalized spacial score (nSPS) is 40.2. The van der Waals surface area contributed by atoms with E-state index in [1.54, 1.807) is 13.0 Å². The molecule has 228 valence electrons. The summed E-state index contributed by atoms with van der Waals surface area (Å²) < 4.78 is 35.1. The van der Waals surface area contributed by atoms with Crippen molar-refractivity contribution in [3.05, 3.63) is 36.3 Å². The maximum absolute atomic E-state index is 15.3. The lowest BCUT2D eigenvalue weighted by Gasteiger charge is -2.59. The standard InChI is InChI=1S/C31H38O11/c1-16-30(41-18(3)33)15-28(6)25(19-9-10-38-14-19)40-24(35)13-31(16,28)42-22-12-21(39-17(2)32)27(4,5)20(11-23(34)37-8)29(22,7)26(30)36/h9-10,14,20-22,25H,1,11-13,15H2,2-8H3/t20-,21+,22-,25-,28-,29+,30+,31-/m0/s1. The predicted octanol–water partition coefficient (Wildman–Crippen LogP) is 3.79. The van der Waals surface area contributed by atoms with Gasteiger partial charge in [0.25, 0.3) is 0 Å². The number of carbonyl (C=O) groups excluding carboxylic acids is 5. The summed E-state index contributed by atoms with van der Waals surface area (Å²) in [5.41, 5.74) is -6.23. The molecule has 0 amide bonds. The third kappa shape index (κ3) is 3.84. The fraction of sp³-hybridized carbons (Fsp3) is 0.645. The number of hydrogen-bond acceptors (Lipinski definition) is 11. The van der Waals surface area contributed by atoms with Crippen molar-refractivity contribution in [2.75, 3.05) is 7.11 Å². The molecule has 0 aromatic carbocycles. The van der Waals surface area contributed by atoms with Gasteiger partial charge in [-0.3, -0.25) is 24.0 Å². The maximum Gasteiger partial charge on any atom is 0.309 e. The molecule has 1 aromatic heterocycles. The van der Waals surface area contributed by atoms with E-state index in [9.17, 15) is 19.2 Å². The van der Waals surface area contributed by atoms with Gasteiger partial charge in [0.05, 0.1) is 44.0 Å². The molecule has 0 radical (unpaired) electrons. The number of Topliss-reactive ketones (excluding diaryl/α,β-unsaturated/α-hetero) is 1. The first kappa shape index (κ1) is 30.0. The van der Waals surface area contributed by atoms with Gasteiger partial charge in [-0.1, -0.05) is 27.4 Å². The van der Waals surface area contributed by atoms with E-state index < -0.39 is 81.3 Å². The van der Waals surface area contributed by atoms with Gasteiger partial charge in [0, 0.05) is 48.7 Å². The molecule has 2 aliphatic carbocycles. The smallest absolute Gasteiger partial charge is 0.309 e. The zero-order valence-electron chi connectivity index (χ0n) is 25.1. The Labute approximate surface area is 244 Å². The summed E-state index contributed by atoms with van der Waals surface area (Å²) in [5.74, 6) is -3.67. The lowest BCUT2D eigenvalue weighted by Crippen LogP contribution is -2.67. The van der Waals surface area contributed by atoms with Gasteiger partial charge in [-0.2, -0.15) is 0 Å². The van der Waals surface area contributed by atoms with E-state index in [2.05, 4.69) is 6.58 Å². The molecule has 1 aromatic rings. The number of methoxy groups -OCH3 is 1. The highest BCUT2D eigenvalue weighted by atomic mass is 16.6. The van der Waals surface area contributed by atoms with Crippen LogP contribution in [0.1, 0.15) is 78.9 Å². The zero-order valence-corrected chi connectivity index (χ0v) is 25.1. The number of hydrogen-bond donors (Lipinski definition) is 0. The molecule has 42 heavy (non-hydrogen) atoms. The van der Waals surface area contributed by atoms with Crippen LogP contribution in [-0.2, 0) is 47.7 Å². The molecule has 2 bridgehead atoms. The summed E-state index contributed by atoms with van der Waals surface area (Å²) in [5, 5.41) is 0. The van der Waals surface area contributed by atoms with E-state index in [1.165, 1.54) is 33.5 Å². The minimum atomic E-state index is -1.90. The predicted molar refractivity (Wildman–Crippen MR) is 143 cm³/mol. The van der Waals surface area contributed by atoms with Crippen LogP contribution < -0.4 is 0 Å². The first-order valence-electron chi connectivity index (χ1n) is 14.1. The Kier molecular flexibility index (Phi) is 6.80. The largest absolute Gasteiger partial charge is 0.472 e. The second-order valence-electron chi connectivity index (χ2n) is 13.1. The van der Waals surface area contributed by atoms with Crippen LogP contribution >= 0.6 is 0 Å². The molecule has 1 spiro atoms. The van der Waals surface area contributed by atoms with Gasteiger partial charge < -0.3 is 28.1 Å². The second-order valence-corrected chi connectivity index (χ2v) is 13.1. The summed E-state index contributed by atoms with van der Waals surface area (Å²) in [6.07, 6.45) is -0.226. The summed E-state index contributed by atoms with van der Waals surface area (Å²) >= 11 is 0. The van der Waals surface area contributed by atoms with Gasteiger partial charge in [-0.05, 0) is 18.9 Å². The first-order valence-corrected chi connectivity index (χ1v) is 14.1. The Morgan fingerprint density at radius 3 is 2.36 bits per heavy atom. The number of cyclic esters (lactones) is 1. The van der Waals surface area contributed by atoms with Crippen LogP contribution in [0.25, 0.3) is 0 Å². The lowest BCUT2D eigenvalue weighted by molar-refractivity contribution is -0.261. The Balaban J connectivity index is 1.78. The quantitative estimate of drug-likeness (QED) is 0.282. The van der Waals surface area contributed by atoms with Crippen molar-refractivity contribution >= 4 is 29.7 Å². The van der Waals surface area contributed by atoms with Gasteiger partial charge in [-0.15, -0.1) is 0 Å². The molecule has 2 saturated carbocycles. The van der Waals surface area contributed by atoms with E-state index >= 15 is 4.79 Å². The van der Waals surface area contributed by atoms with Crippen LogP contribution in [0.3, 0.4) is 0 Å². The summed E-state index contributed by atoms with van der Waals surface area (Å²) in [4.78, 5) is 66.4. The van der Waals surface area contributed by atoms with Gasteiger partial charge >= 0.3 is 23.9 Å². The molecular formula is C31H38O11. The molecule has 11 heteroatoms.